The number of benzene rings is 3. The Balaban J connectivity index is 0.000000217. The summed E-state index contributed by atoms with van der Waals surface area (Å²) in [7, 11) is 10.4. The summed E-state index contributed by atoms with van der Waals surface area (Å²) in [4.78, 5) is 38.8. The van der Waals surface area contributed by atoms with Gasteiger partial charge < -0.3 is 19.8 Å². The van der Waals surface area contributed by atoms with Crippen LogP contribution in [0, 0.1) is 5.21 Å². The normalized spacial score (nSPS) is 17.8. The van der Waals surface area contributed by atoms with Crippen molar-refractivity contribution in [2.24, 2.45) is 0 Å². The van der Waals surface area contributed by atoms with Gasteiger partial charge in [0.15, 0.2) is 12.4 Å². The van der Waals surface area contributed by atoms with Crippen LogP contribution in [0.4, 0.5) is 0 Å². The van der Waals surface area contributed by atoms with Crippen LogP contribution in [0.2, 0.25) is 35.2 Å². The van der Waals surface area contributed by atoms with Crippen LogP contribution in [0.15, 0.2) is 85.5 Å². The monoisotopic (exact) mass is 1640 g/mol. The summed E-state index contributed by atoms with van der Waals surface area (Å²) < 4.78 is 11.1. The SMILES string of the molecule is C.C1CCC(P(C2CCCCC2)C2CCCCC2)CC1.C1CCC(P(C2CCCCC2)C2CCCCC2)CC1.CC(C)(C)OC(=O)c1c(Cl)cc(-c2ccncc2)cc1Cl.CC(C)(C)OC(=O)c1c(Cl)cc(Cl)cc1Cl.O=C(O)c1c(Cl)cc(-c2cc[n+]([O-])cc2)cc1Cl.[Cl][Pd][Cl]. The number of pyridine rings is 2. The summed E-state index contributed by atoms with van der Waals surface area (Å²) in [6.45, 7) is 10.7. The first kappa shape index (κ1) is 85.9. The molecule has 0 atom stereocenters. The molecule has 0 amide bonds. The van der Waals surface area contributed by atoms with Crippen molar-refractivity contribution >= 4 is 134 Å². The summed E-state index contributed by atoms with van der Waals surface area (Å²) in [5.74, 6) is -2.26. The molecule has 0 aliphatic heterocycles. The van der Waals surface area contributed by atoms with E-state index in [1.54, 1.807) is 232 Å². The Kier molecular flexibility index (Phi) is 39.2. The first-order chi connectivity index (χ1) is 45.8. The van der Waals surface area contributed by atoms with Crippen molar-refractivity contribution in [2.75, 3.05) is 0 Å². The van der Waals surface area contributed by atoms with Gasteiger partial charge in [0.05, 0.1) is 46.8 Å². The van der Waals surface area contributed by atoms with Gasteiger partial charge in [0, 0.05) is 29.5 Å². The Labute approximate surface area is 634 Å². The van der Waals surface area contributed by atoms with E-state index in [9.17, 15) is 19.6 Å². The van der Waals surface area contributed by atoms with Crippen molar-refractivity contribution < 1.29 is 49.6 Å². The number of carboxylic acid groups (broad SMARTS) is 1. The Morgan fingerprint density at radius 3 is 0.918 bits per heavy atom. The maximum atomic E-state index is 12.1. The zero-order valence-corrected chi connectivity index (χ0v) is 66.8. The summed E-state index contributed by atoms with van der Waals surface area (Å²) in [5.41, 5.74) is 9.25. The van der Waals surface area contributed by atoms with Crippen LogP contribution in [0.25, 0.3) is 22.3 Å². The number of aromatic carboxylic acids is 1. The van der Waals surface area contributed by atoms with E-state index in [0.29, 0.717) is 31.2 Å². The van der Waals surface area contributed by atoms with Crippen molar-refractivity contribution in [3.05, 3.63) is 143 Å². The average Bonchev–Trinajstić information content (AvgIpc) is 0.851. The predicted molar refractivity (Wildman–Crippen MR) is 413 cm³/mol. The van der Waals surface area contributed by atoms with Crippen molar-refractivity contribution in [3.63, 3.8) is 0 Å². The molecule has 6 saturated carbocycles. The number of carboxylic acids is 1. The number of aromatic nitrogens is 2. The van der Waals surface area contributed by atoms with E-state index < -0.39 is 29.1 Å². The van der Waals surface area contributed by atoms with Gasteiger partial charge in [-0.2, -0.15) is 4.73 Å². The van der Waals surface area contributed by atoms with Crippen molar-refractivity contribution in [1.29, 1.82) is 0 Å². The summed E-state index contributed by atoms with van der Waals surface area (Å²) in [5, 5.41) is 21.3. The first-order valence-corrected chi connectivity index (χ1v) is 44.3. The first-order valence-electron chi connectivity index (χ1n) is 34.6. The van der Waals surface area contributed by atoms with Gasteiger partial charge in [0.1, 0.15) is 11.2 Å². The summed E-state index contributed by atoms with van der Waals surface area (Å²) in [6, 6.07) is 16.2. The van der Waals surface area contributed by atoms with Crippen LogP contribution >= 0.6 is 116 Å². The Hall–Kier alpha value is -1.70. The van der Waals surface area contributed by atoms with Crippen LogP contribution in [-0.4, -0.2) is 73.2 Å². The minimum atomic E-state index is -1.18. The van der Waals surface area contributed by atoms with E-state index in [0.717, 1.165) is 16.7 Å². The predicted octanol–water partition coefficient (Wildman–Crippen LogP) is 27.6. The zero-order valence-electron chi connectivity index (χ0n) is 56.7. The number of rotatable bonds is 11. The molecule has 97 heavy (non-hydrogen) atoms. The van der Waals surface area contributed by atoms with Crippen LogP contribution < -0.4 is 4.73 Å². The second-order valence-corrected chi connectivity index (χ2v) is 39.5. The van der Waals surface area contributed by atoms with Gasteiger partial charge in [0.2, 0.25) is 0 Å². The second-order valence-electron chi connectivity index (χ2n) is 28.1. The fourth-order valence-corrected chi connectivity index (χ4v) is 26.1. The molecule has 3 aromatic carbocycles. The minimum absolute atomic E-state index is 0. The number of nitrogens with zero attached hydrogens (tertiary/aromatic N) is 2. The molecule has 0 saturated heterocycles. The molecule has 11 rings (SSSR count). The third kappa shape index (κ3) is 29.1. The van der Waals surface area contributed by atoms with Gasteiger partial charge in [-0.05, 0) is 223 Å². The van der Waals surface area contributed by atoms with Gasteiger partial charge >= 0.3 is 52.9 Å². The van der Waals surface area contributed by atoms with E-state index in [4.69, 9.17) is 115 Å². The second kappa shape index (κ2) is 44.2. The van der Waals surface area contributed by atoms with E-state index >= 15 is 0 Å². The molecule has 2 heterocycles. The topological polar surface area (TPSA) is 130 Å². The number of hydrogen-bond donors (Lipinski definition) is 1. The van der Waals surface area contributed by atoms with E-state index in [1.165, 1.54) is 109 Å². The summed E-state index contributed by atoms with van der Waals surface area (Å²) in [6.07, 6.45) is 53.3. The molecule has 0 radical (unpaired) electrons. The molecule has 9 nitrogen and oxygen atoms in total. The van der Waals surface area contributed by atoms with E-state index in [2.05, 4.69) is 4.98 Å². The van der Waals surface area contributed by atoms with Crippen molar-refractivity contribution in [1.82, 2.24) is 4.98 Å². The zero-order chi connectivity index (χ0) is 70.0. The molecule has 6 aliphatic rings. The molecule has 5 aromatic rings. The molecule has 2 aromatic heterocycles. The van der Waals surface area contributed by atoms with Crippen molar-refractivity contribution in [3.8, 4) is 22.3 Å². The fourth-order valence-electron chi connectivity index (χ4n) is 14.5. The van der Waals surface area contributed by atoms with E-state index in [1.807, 2.05) is 12.1 Å². The molecule has 6 aliphatic carbocycles. The van der Waals surface area contributed by atoms with Crippen LogP contribution in [0.5, 0.6) is 0 Å². The fraction of sp³-hybridized carbons (Fsp3) is 0.592. The molecule has 0 unspecified atom stereocenters. The number of esters is 2. The molecule has 21 heteroatoms. The number of carbonyl (C=O) groups excluding carboxylic acids is 2. The number of hydrogen-bond acceptors (Lipinski definition) is 7. The molecule has 0 bridgehead atoms. The molecular weight excluding hydrogens is 1540 g/mol. The third-order valence-corrected chi connectivity index (χ3v) is 28.8. The molecule has 542 valence electrons. The number of carbonyl (C=O) groups is 3. The van der Waals surface area contributed by atoms with Crippen LogP contribution in [0.3, 0.4) is 0 Å². The average molecular weight is 1640 g/mol. The van der Waals surface area contributed by atoms with Gasteiger partial charge in [-0.25, -0.2) is 14.4 Å². The molecular formula is C76H103Cl9N2O7P2Pd. The van der Waals surface area contributed by atoms with Gasteiger partial charge in [-0.3, -0.25) is 4.98 Å². The molecule has 6 fully saturated rings. The standard InChI is InChI=1S/2C18H33P.C16H15Cl2NO2.C12H7Cl2NO3.C11H11Cl3O2.CH4.2ClH.Pd/c2*1-4-10-16(11-5-1)19(17-12-6-2-7-13-17)18-14-8-3-9-15-18;1-16(2,3)21-15(20)14-12(17)8-11(9-13(14)18)10-4-6-19-7-5-10;13-9-5-8(6-10(14)11(9)12(16)17)7-1-3-15(18)4-2-7;1-11(2,3)16-10(15)9-7(13)4-6(12)5-8(9)14;;;;/h2*16-18H,1-15H2;4-9H,1-3H3;1-6H,(H,16,17);4-5H,1-3H3;1H4;2*1H;/q;;;;;;;;+2/p-2. The van der Waals surface area contributed by atoms with E-state index in [-0.39, 0.29) is 70.2 Å². The third-order valence-electron chi connectivity index (χ3n) is 18.6. The van der Waals surface area contributed by atoms with Crippen LogP contribution in [0.1, 0.15) is 273 Å². The number of halogens is 9. The number of ether oxygens (including phenoxy) is 2. The molecule has 1 N–H and O–H groups in total. The van der Waals surface area contributed by atoms with Gasteiger partial charge in [-0.15, -0.1) is 0 Å². The van der Waals surface area contributed by atoms with Gasteiger partial charge in [-0.1, -0.05) is 220 Å². The van der Waals surface area contributed by atoms with Crippen molar-refractivity contribution in [2.45, 2.75) is 287 Å². The summed E-state index contributed by atoms with van der Waals surface area (Å²) >= 11 is 41.6. The Morgan fingerprint density at radius 1 is 0.433 bits per heavy atom. The molecule has 0 spiro atoms. The Morgan fingerprint density at radius 2 is 0.670 bits per heavy atom. The Bertz CT molecular complexity index is 2970. The van der Waals surface area contributed by atoms with Crippen LogP contribution in [-0.2, 0) is 25.4 Å². The maximum absolute atomic E-state index is 12.1. The van der Waals surface area contributed by atoms with Gasteiger partial charge in [0.25, 0.3) is 0 Å². The quantitative estimate of drug-likeness (QED) is 0.0455.